The fraction of sp³-hybridized carbons (Fsp3) is 0.0645. The summed E-state index contributed by atoms with van der Waals surface area (Å²) < 4.78 is 19.1. The number of anilines is 1. The van der Waals surface area contributed by atoms with Crippen LogP contribution in [0, 0.1) is 5.82 Å². The van der Waals surface area contributed by atoms with E-state index in [1.807, 2.05) is 6.07 Å². The summed E-state index contributed by atoms with van der Waals surface area (Å²) in [7, 11) is 1.31. The van der Waals surface area contributed by atoms with E-state index in [-0.39, 0.29) is 5.57 Å². The summed E-state index contributed by atoms with van der Waals surface area (Å²) in [6, 6.07) is 24.3. The molecule has 1 fully saturated rings. The summed E-state index contributed by atoms with van der Waals surface area (Å²) >= 11 is 5.97. The van der Waals surface area contributed by atoms with Crippen LogP contribution in [0.3, 0.4) is 0 Å². The van der Waals surface area contributed by atoms with E-state index in [1.54, 1.807) is 60.7 Å². The van der Waals surface area contributed by atoms with E-state index in [0.717, 1.165) is 11.1 Å². The first kappa shape index (κ1) is 25.9. The second-order valence-corrected chi connectivity index (χ2v) is 9.29. The highest BCUT2D eigenvalue weighted by Crippen LogP contribution is 2.42. The molecule has 0 aliphatic carbocycles. The molecule has 1 heterocycles. The molecule has 8 heteroatoms. The number of nitrogens with zero attached hydrogens (tertiary/aromatic N) is 1. The molecule has 1 aliphatic heterocycles. The molecule has 1 amide bonds. The zero-order chi connectivity index (χ0) is 27.7. The van der Waals surface area contributed by atoms with Crippen LogP contribution in [0.1, 0.15) is 27.5 Å². The number of carbonyl (C=O) groups is 3. The normalized spacial score (nSPS) is 16.4. The average Bonchev–Trinajstić information content (AvgIpc) is 3.22. The highest BCUT2D eigenvalue weighted by Gasteiger charge is 2.47. The van der Waals surface area contributed by atoms with E-state index in [2.05, 4.69) is 0 Å². The number of ketones is 1. The molecular weight excluding hydrogens is 521 g/mol. The Balaban J connectivity index is 1.60. The zero-order valence-electron chi connectivity index (χ0n) is 20.6. The molecule has 0 spiro atoms. The van der Waals surface area contributed by atoms with Crippen molar-refractivity contribution in [1.29, 1.82) is 0 Å². The Hall–Kier alpha value is -4.75. The number of amides is 1. The number of carbonyl (C=O) groups excluding carboxylic acids is 3. The van der Waals surface area contributed by atoms with Crippen molar-refractivity contribution in [2.45, 2.75) is 6.04 Å². The van der Waals surface area contributed by atoms with E-state index in [0.29, 0.717) is 27.4 Å². The molecule has 0 radical (unpaired) electrons. The Morgan fingerprint density at radius 2 is 1.56 bits per heavy atom. The molecule has 1 unspecified atom stereocenters. The van der Waals surface area contributed by atoms with Gasteiger partial charge < -0.3 is 9.84 Å². The van der Waals surface area contributed by atoms with Gasteiger partial charge in [-0.05, 0) is 77.4 Å². The molecule has 0 bridgehead atoms. The van der Waals surface area contributed by atoms with Gasteiger partial charge in [0, 0.05) is 16.3 Å². The Morgan fingerprint density at radius 3 is 2.23 bits per heavy atom. The SMILES string of the molecule is COC(=O)c1cccc(-c2ccc(N3C(=O)C(=O)/C(=C(/O)c4ccc(Cl)cc4)C3c3cccc(F)c3)cc2)c1. The lowest BCUT2D eigenvalue weighted by Crippen LogP contribution is -2.29. The number of hydrogen-bond acceptors (Lipinski definition) is 5. The Morgan fingerprint density at radius 1 is 0.872 bits per heavy atom. The van der Waals surface area contributed by atoms with Gasteiger partial charge in [-0.3, -0.25) is 14.5 Å². The number of benzene rings is 4. The van der Waals surface area contributed by atoms with Crippen molar-refractivity contribution in [2.75, 3.05) is 12.0 Å². The third kappa shape index (κ3) is 4.92. The van der Waals surface area contributed by atoms with Crippen LogP contribution in [-0.4, -0.2) is 29.9 Å². The van der Waals surface area contributed by atoms with Gasteiger partial charge in [-0.1, -0.05) is 48.0 Å². The summed E-state index contributed by atoms with van der Waals surface area (Å²) in [4.78, 5) is 39.8. The van der Waals surface area contributed by atoms with E-state index in [4.69, 9.17) is 16.3 Å². The predicted octanol–water partition coefficient (Wildman–Crippen LogP) is 6.56. The maximum Gasteiger partial charge on any atom is 0.337 e. The van der Waals surface area contributed by atoms with Gasteiger partial charge in [-0.2, -0.15) is 0 Å². The quantitative estimate of drug-likeness (QED) is 0.134. The summed E-state index contributed by atoms with van der Waals surface area (Å²) in [6.07, 6.45) is 0. The molecule has 1 saturated heterocycles. The molecule has 1 N–H and O–H groups in total. The molecule has 6 nitrogen and oxygen atoms in total. The topological polar surface area (TPSA) is 83.9 Å². The Bertz CT molecular complexity index is 1630. The van der Waals surface area contributed by atoms with Crippen molar-refractivity contribution >= 4 is 40.7 Å². The third-order valence-electron chi connectivity index (χ3n) is 6.49. The highest BCUT2D eigenvalue weighted by atomic mass is 35.5. The van der Waals surface area contributed by atoms with E-state index >= 15 is 0 Å². The number of esters is 1. The first-order valence-electron chi connectivity index (χ1n) is 11.9. The lowest BCUT2D eigenvalue weighted by Gasteiger charge is -2.25. The van der Waals surface area contributed by atoms with Crippen molar-refractivity contribution in [1.82, 2.24) is 0 Å². The van der Waals surface area contributed by atoms with Crippen LogP contribution in [0.15, 0.2) is 103 Å². The highest BCUT2D eigenvalue weighted by molar-refractivity contribution is 6.51. The van der Waals surface area contributed by atoms with Crippen LogP contribution < -0.4 is 4.90 Å². The Labute approximate surface area is 228 Å². The maximum absolute atomic E-state index is 14.3. The van der Waals surface area contributed by atoms with Gasteiger partial charge in [-0.25, -0.2) is 9.18 Å². The molecule has 4 aromatic rings. The zero-order valence-corrected chi connectivity index (χ0v) is 21.4. The monoisotopic (exact) mass is 541 g/mol. The lowest BCUT2D eigenvalue weighted by molar-refractivity contribution is -0.132. The van der Waals surface area contributed by atoms with Gasteiger partial charge in [0.25, 0.3) is 11.7 Å². The van der Waals surface area contributed by atoms with Crippen LogP contribution in [0.4, 0.5) is 10.1 Å². The second-order valence-electron chi connectivity index (χ2n) is 8.85. The smallest absolute Gasteiger partial charge is 0.337 e. The number of aliphatic hydroxyl groups is 1. The van der Waals surface area contributed by atoms with Crippen LogP contribution in [0.25, 0.3) is 16.9 Å². The number of ether oxygens (including phenoxy) is 1. The summed E-state index contributed by atoms with van der Waals surface area (Å²) in [5.74, 6) is -3.16. The standard InChI is InChI=1S/C31H21ClFNO5/c1-39-31(38)22-6-2-4-20(16-22)18-10-14-25(15-11-18)34-27(21-5-3-7-24(33)17-21)26(29(36)30(34)37)28(35)19-8-12-23(32)13-9-19/h2-17,27,35H,1H3/b28-26+. The minimum Gasteiger partial charge on any atom is -0.507 e. The van der Waals surface area contributed by atoms with Gasteiger partial charge >= 0.3 is 5.97 Å². The van der Waals surface area contributed by atoms with Crippen LogP contribution in [-0.2, 0) is 14.3 Å². The van der Waals surface area contributed by atoms with Gasteiger partial charge in [0.2, 0.25) is 0 Å². The number of aliphatic hydroxyl groups excluding tert-OH is 1. The van der Waals surface area contributed by atoms with Crippen molar-refractivity contribution in [3.05, 3.63) is 130 Å². The van der Waals surface area contributed by atoms with Crippen LogP contribution in [0.5, 0.6) is 0 Å². The van der Waals surface area contributed by atoms with Crippen molar-refractivity contribution < 1.29 is 28.6 Å². The lowest BCUT2D eigenvalue weighted by atomic mass is 9.95. The van der Waals surface area contributed by atoms with E-state index < -0.39 is 35.3 Å². The molecule has 1 atom stereocenters. The number of methoxy groups -OCH3 is 1. The van der Waals surface area contributed by atoms with E-state index in [1.165, 1.54) is 42.3 Å². The second kappa shape index (κ2) is 10.6. The Kier molecular flexibility index (Phi) is 7.00. The molecule has 1 aliphatic rings. The van der Waals surface area contributed by atoms with Gasteiger partial charge in [0.1, 0.15) is 11.6 Å². The first-order valence-corrected chi connectivity index (χ1v) is 12.3. The average molecular weight is 542 g/mol. The predicted molar refractivity (Wildman–Crippen MR) is 146 cm³/mol. The number of hydrogen-bond donors (Lipinski definition) is 1. The first-order chi connectivity index (χ1) is 18.8. The third-order valence-corrected chi connectivity index (χ3v) is 6.74. The molecular formula is C31H21ClFNO5. The van der Waals surface area contributed by atoms with Gasteiger partial charge in [-0.15, -0.1) is 0 Å². The molecule has 0 saturated carbocycles. The molecule has 0 aromatic heterocycles. The van der Waals surface area contributed by atoms with Crippen molar-refractivity contribution in [2.24, 2.45) is 0 Å². The number of rotatable bonds is 5. The van der Waals surface area contributed by atoms with Gasteiger partial charge in [0.05, 0.1) is 24.3 Å². The number of halogens is 2. The largest absolute Gasteiger partial charge is 0.507 e. The maximum atomic E-state index is 14.3. The molecule has 5 rings (SSSR count). The van der Waals surface area contributed by atoms with Crippen molar-refractivity contribution in [3.63, 3.8) is 0 Å². The molecule has 4 aromatic carbocycles. The van der Waals surface area contributed by atoms with Crippen LogP contribution >= 0.6 is 11.6 Å². The summed E-state index contributed by atoms with van der Waals surface area (Å²) in [5.41, 5.74) is 2.70. The minimum absolute atomic E-state index is 0.164. The van der Waals surface area contributed by atoms with Crippen LogP contribution in [0.2, 0.25) is 5.02 Å². The minimum atomic E-state index is -1.08. The molecule has 39 heavy (non-hydrogen) atoms. The summed E-state index contributed by atoms with van der Waals surface area (Å²) in [6.45, 7) is 0. The summed E-state index contributed by atoms with van der Waals surface area (Å²) in [5, 5.41) is 11.6. The van der Waals surface area contributed by atoms with Gasteiger partial charge in [0.15, 0.2) is 0 Å². The number of Topliss-reactive ketones (excluding diaryl/α,β-unsaturated/α-hetero) is 1. The fourth-order valence-corrected chi connectivity index (χ4v) is 4.74. The fourth-order valence-electron chi connectivity index (χ4n) is 4.61. The molecule has 194 valence electrons. The van der Waals surface area contributed by atoms with E-state index in [9.17, 15) is 23.9 Å². The van der Waals surface area contributed by atoms with Crippen molar-refractivity contribution in [3.8, 4) is 11.1 Å².